The largest absolute Gasteiger partial charge is 0.455 e. The van der Waals surface area contributed by atoms with Crippen molar-refractivity contribution in [2.75, 3.05) is 17.2 Å². The Morgan fingerprint density at radius 2 is 1.73 bits per heavy atom. The third-order valence-electron chi connectivity index (χ3n) is 3.76. The molecule has 0 unspecified atom stereocenters. The normalized spacial score (nSPS) is 10.2. The lowest BCUT2D eigenvalue weighted by atomic mass is 10.2. The summed E-state index contributed by atoms with van der Waals surface area (Å²) in [4.78, 5) is 12.2. The number of para-hydroxylation sites is 3. The number of nitrogens with one attached hydrogen (secondary N) is 2. The third kappa shape index (κ3) is 4.60. The summed E-state index contributed by atoms with van der Waals surface area (Å²) in [7, 11) is 0. The van der Waals surface area contributed by atoms with Crippen molar-refractivity contribution < 1.29 is 13.9 Å². The van der Waals surface area contributed by atoms with Gasteiger partial charge in [-0.2, -0.15) is 0 Å². The Labute approximate surface area is 151 Å². The molecule has 132 valence electrons. The summed E-state index contributed by atoms with van der Waals surface area (Å²) in [5, 5.41) is 5.72. The number of carbonyl (C=O) groups is 1. The van der Waals surface area contributed by atoms with Crippen molar-refractivity contribution in [3.05, 3.63) is 84.2 Å². The number of halogens is 1. The van der Waals surface area contributed by atoms with Gasteiger partial charge in [0, 0.05) is 5.69 Å². The van der Waals surface area contributed by atoms with Gasteiger partial charge >= 0.3 is 0 Å². The van der Waals surface area contributed by atoms with Gasteiger partial charge in [-0.1, -0.05) is 36.4 Å². The zero-order valence-corrected chi connectivity index (χ0v) is 14.3. The Morgan fingerprint density at radius 1 is 1.00 bits per heavy atom. The highest BCUT2D eigenvalue weighted by Gasteiger charge is 2.09. The third-order valence-corrected chi connectivity index (χ3v) is 3.76. The van der Waals surface area contributed by atoms with Crippen LogP contribution < -0.4 is 15.4 Å². The van der Waals surface area contributed by atoms with Crippen LogP contribution in [0.25, 0.3) is 0 Å². The molecule has 0 heterocycles. The second-order valence-corrected chi connectivity index (χ2v) is 5.78. The molecule has 0 spiro atoms. The van der Waals surface area contributed by atoms with Crippen molar-refractivity contribution in [3.8, 4) is 11.5 Å². The van der Waals surface area contributed by atoms with Crippen LogP contribution in [0.1, 0.15) is 5.56 Å². The smallest absolute Gasteiger partial charge is 0.243 e. The number of amides is 1. The first-order chi connectivity index (χ1) is 12.6. The summed E-state index contributed by atoms with van der Waals surface area (Å²) < 4.78 is 19.4. The molecule has 0 radical (unpaired) electrons. The molecule has 0 aliphatic carbocycles. The van der Waals surface area contributed by atoms with E-state index in [1.54, 1.807) is 31.2 Å². The quantitative estimate of drug-likeness (QED) is 0.659. The predicted molar refractivity (Wildman–Crippen MR) is 101 cm³/mol. The molecule has 0 saturated carbocycles. The maximum absolute atomic E-state index is 13.6. The van der Waals surface area contributed by atoms with Crippen molar-refractivity contribution in [2.45, 2.75) is 6.92 Å². The maximum Gasteiger partial charge on any atom is 0.243 e. The van der Waals surface area contributed by atoms with Gasteiger partial charge < -0.3 is 15.4 Å². The Kier molecular flexibility index (Phi) is 5.49. The standard InChI is InChI=1S/C21H19FN2O2/c1-15-11-12-16(13-18(15)22)23-14-21(25)24-19-9-5-6-10-20(19)26-17-7-3-2-4-8-17/h2-13,23H,14H2,1H3,(H,24,25). The number of rotatable bonds is 6. The van der Waals surface area contributed by atoms with Gasteiger partial charge in [-0.05, 0) is 48.9 Å². The molecule has 0 saturated heterocycles. The van der Waals surface area contributed by atoms with Crippen LogP contribution in [0, 0.1) is 12.7 Å². The van der Waals surface area contributed by atoms with Crippen LogP contribution in [0.4, 0.5) is 15.8 Å². The average Bonchev–Trinajstić information content (AvgIpc) is 2.65. The van der Waals surface area contributed by atoms with E-state index >= 15 is 0 Å². The molecular formula is C21H19FN2O2. The van der Waals surface area contributed by atoms with Gasteiger partial charge in [-0.15, -0.1) is 0 Å². The highest BCUT2D eigenvalue weighted by molar-refractivity contribution is 5.95. The van der Waals surface area contributed by atoms with E-state index in [1.807, 2.05) is 42.5 Å². The number of aryl methyl sites for hydroxylation is 1. The van der Waals surface area contributed by atoms with Crippen LogP contribution in [-0.4, -0.2) is 12.5 Å². The number of carbonyl (C=O) groups excluding carboxylic acids is 1. The fourth-order valence-corrected chi connectivity index (χ4v) is 2.35. The number of benzene rings is 3. The van der Waals surface area contributed by atoms with Crippen molar-refractivity contribution in [1.82, 2.24) is 0 Å². The van der Waals surface area contributed by atoms with E-state index in [2.05, 4.69) is 10.6 Å². The highest BCUT2D eigenvalue weighted by Crippen LogP contribution is 2.29. The van der Waals surface area contributed by atoms with E-state index in [1.165, 1.54) is 6.07 Å². The minimum Gasteiger partial charge on any atom is -0.455 e. The Balaban J connectivity index is 1.63. The predicted octanol–water partition coefficient (Wildman–Crippen LogP) is 4.98. The van der Waals surface area contributed by atoms with Crippen molar-refractivity contribution in [1.29, 1.82) is 0 Å². The summed E-state index contributed by atoms with van der Waals surface area (Å²) in [6, 6.07) is 21.3. The summed E-state index contributed by atoms with van der Waals surface area (Å²) >= 11 is 0. The molecule has 0 aromatic heterocycles. The molecule has 0 bridgehead atoms. The lowest BCUT2D eigenvalue weighted by Gasteiger charge is -2.13. The van der Waals surface area contributed by atoms with Gasteiger partial charge in [-0.25, -0.2) is 4.39 Å². The molecule has 2 N–H and O–H groups in total. The van der Waals surface area contributed by atoms with Gasteiger partial charge in [0.1, 0.15) is 11.6 Å². The van der Waals surface area contributed by atoms with Crippen LogP contribution >= 0.6 is 0 Å². The second kappa shape index (κ2) is 8.16. The molecule has 0 atom stereocenters. The Bertz CT molecular complexity index is 898. The first kappa shape index (κ1) is 17.5. The summed E-state index contributed by atoms with van der Waals surface area (Å²) in [6.07, 6.45) is 0. The number of hydrogen-bond donors (Lipinski definition) is 2. The van der Waals surface area contributed by atoms with Gasteiger partial charge in [0.05, 0.1) is 12.2 Å². The monoisotopic (exact) mass is 350 g/mol. The first-order valence-electron chi connectivity index (χ1n) is 8.23. The average molecular weight is 350 g/mol. The summed E-state index contributed by atoms with van der Waals surface area (Å²) in [5.74, 6) is 0.669. The minimum absolute atomic E-state index is 0.0160. The molecule has 0 aliphatic heterocycles. The van der Waals surface area contributed by atoms with E-state index in [0.29, 0.717) is 28.4 Å². The zero-order chi connectivity index (χ0) is 18.4. The molecule has 26 heavy (non-hydrogen) atoms. The molecule has 3 aromatic carbocycles. The van der Waals surface area contributed by atoms with E-state index in [4.69, 9.17) is 4.74 Å². The minimum atomic E-state index is -0.308. The van der Waals surface area contributed by atoms with E-state index in [0.717, 1.165) is 0 Å². The summed E-state index contributed by atoms with van der Waals surface area (Å²) in [5.41, 5.74) is 1.68. The molecule has 0 aliphatic rings. The second-order valence-electron chi connectivity index (χ2n) is 5.78. The number of anilines is 2. The van der Waals surface area contributed by atoms with Gasteiger partial charge in [0.2, 0.25) is 5.91 Å². The zero-order valence-electron chi connectivity index (χ0n) is 14.3. The number of hydrogen-bond acceptors (Lipinski definition) is 3. The molecule has 5 heteroatoms. The Morgan fingerprint density at radius 3 is 2.50 bits per heavy atom. The SMILES string of the molecule is Cc1ccc(NCC(=O)Nc2ccccc2Oc2ccccc2)cc1F. The van der Waals surface area contributed by atoms with Crippen LogP contribution in [0.5, 0.6) is 11.5 Å². The topological polar surface area (TPSA) is 50.4 Å². The van der Waals surface area contributed by atoms with E-state index in [9.17, 15) is 9.18 Å². The molecule has 3 rings (SSSR count). The lowest BCUT2D eigenvalue weighted by molar-refractivity contribution is -0.114. The first-order valence-corrected chi connectivity index (χ1v) is 8.23. The van der Waals surface area contributed by atoms with Crippen LogP contribution in [0.2, 0.25) is 0 Å². The van der Waals surface area contributed by atoms with Crippen molar-refractivity contribution in [2.24, 2.45) is 0 Å². The van der Waals surface area contributed by atoms with E-state index < -0.39 is 0 Å². The summed E-state index contributed by atoms with van der Waals surface area (Å²) in [6.45, 7) is 1.71. The maximum atomic E-state index is 13.6. The van der Waals surface area contributed by atoms with Crippen LogP contribution in [0.3, 0.4) is 0 Å². The molecule has 1 amide bonds. The van der Waals surface area contributed by atoms with E-state index in [-0.39, 0.29) is 18.3 Å². The number of ether oxygens (including phenoxy) is 1. The molecule has 0 fully saturated rings. The fourth-order valence-electron chi connectivity index (χ4n) is 2.35. The van der Waals surface area contributed by atoms with Gasteiger partial charge in [-0.3, -0.25) is 4.79 Å². The molecule has 3 aromatic rings. The van der Waals surface area contributed by atoms with Gasteiger partial charge in [0.25, 0.3) is 0 Å². The van der Waals surface area contributed by atoms with Crippen molar-refractivity contribution in [3.63, 3.8) is 0 Å². The highest BCUT2D eigenvalue weighted by atomic mass is 19.1. The Hall–Kier alpha value is -3.34. The molecular weight excluding hydrogens is 331 g/mol. The molecule has 4 nitrogen and oxygen atoms in total. The fraction of sp³-hybridized carbons (Fsp3) is 0.0952. The van der Waals surface area contributed by atoms with Crippen molar-refractivity contribution >= 4 is 17.3 Å². The lowest BCUT2D eigenvalue weighted by Crippen LogP contribution is -2.22. The van der Waals surface area contributed by atoms with Crippen LogP contribution in [-0.2, 0) is 4.79 Å². The van der Waals surface area contributed by atoms with Gasteiger partial charge in [0.15, 0.2) is 5.75 Å². The van der Waals surface area contributed by atoms with Crippen LogP contribution in [0.15, 0.2) is 72.8 Å².